The zero-order valence-corrected chi connectivity index (χ0v) is 14.2. The Labute approximate surface area is 141 Å². The summed E-state index contributed by atoms with van der Waals surface area (Å²) in [6, 6.07) is 6.36. The number of carbonyl (C=O) groups is 2. The molecular formula is C15H21N3O5S. The third-order valence-electron chi connectivity index (χ3n) is 3.79. The van der Waals surface area contributed by atoms with Crippen LogP contribution >= 0.6 is 0 Å². The van der Waals surface area contributed by atoms with Gasteiger partial charge in [0.15, 0.2) is 0 Å². The zero-order chi connectivity index (χ0) is 17.7. The van der Waals surface area contributed by atoms with Gasteiger partial charge >= 0.3 is 6.09 Å². The fourth-order valence-corrected chi connectivity index (χ4v) is 3.77. The highest BCUT2D eigenvalue weighted by atomic mass is 32.2. The van der Waals surface area contributed by atoms with Crippen molar-refractivity contribution in [3.05, 3.63) is 29.8 Å². The SMILES string of the molecule is CS(=O)(=O)N1CCC[C@H]1C(=O)Nc1ccc(CCOC(N)=O)cc1. The molecule has 0 saturated carbocycles. The molecule has 1 fully saturated rings. The molecule has 1 aromatic carbocycles. The highest BCUT2D eigenvalue weighted by Gasteiger charge is 2.36. The van der Waals surface area contributed by atoms with Crippen LogP contribution in [0.2, 0.25) is 0 Å². The predicted molar refractivity (Wildman–Crippen MR) is 88.9 cm³/mol. The normalized spacial score (nSPS) is 18.3. The number of nitrogens with one attached hydrogen (secondary N) is 1. The number of anilines is 1. The van der Waals surface area contributed by atoms with Crippen molar-refractivity contribution in [1.82, 2.24) is 4.31 Å². The van der Waals surface area contributed by atoms with Crippen molar-refractivity contribution < 1.29 is 22.7 Å². The number of nitrogens with zero attached hydrogens (tertiary/aromatic N) is 1. The first-order valence-electron chi connectivity index (χ1n) is 7.56. The summed E-state index contributed by atoms with van der Waals surface area (Å²) in [6.45, 7) is 0.558. The molecule has 3 N–H and O–H groups in total. The minimum Gasteiger partial charge on any atom is -0.449 e. The van der Waals surface area contributed by atoms with Crippen molar-refractivity contribution in [3.63, 3.8) is 0 Å². The molecule has 132 valence electrons. The number of hydrogen-bond donors (Lipinski definition) is 2. The summed E-state index contributed by atoms with van der Waals surface area (Å²) >= 11 is 0. The second kappa shape index (κ2) is 7.63. The first kappa shape index (κ1) is 18.2. The zero-order valence-electron chi connectivity index (χ0n) is 13.4. The summed E-state index contributed by atoms with van der Waals surface area (Å²) in [4.78, 5) is 22.8. The molecule has 1 aliphatic heterocycles. The van der Waals surface area contributed by atoms with Gasteiger partial charge in [-0.3, -0.25) is 4.79 Å². The van der Waals surface area contributed by atoms with E-state index in [2.05, 4.69) is 10.1 Å². The molecule has 1 saturated heterocycles. The second-order valence-electron chi connectivity index (χ2n) is 5.64. The summed E-state index contributed by atoms with van der Waals surface area (Å²) in [7, 11) is -3.39. The number of benzene rings is 1. The average Bonchev–Trinajstić information content (AvgIpc) is 2.98. The van der Waals surface area contributed by atoms with Crippen LogP contribution in [0, 0.1) is 0 Å². The van der Waals surface area contributed by atoms with Gasteiger partial charge in [-0.2, -0.15) is 4.31 Å². The lowest BCUT2D eigenvalue weighted by molar-refractivity contribution is -0.119. The number of hydrogen-bond acceptors (Lipinski definition) is 5. The lowest BCUT2D eigenvalue weighted by atomic mass is 10.1. The van der Waals surface area contributed by atoms with Crippen LogP contribution in [0.3, 0.4) is 0 Å². The Hall–Kier alpha value is -2.13. The maximum absolute atomic E-state index is 12.3. The van der Waals surface area contributed by atoms with E-state index in [0.717, 1.165) is 11.8 Å². The molecule has 0 radical (unpaired) electrons. The lowest BCUT2D eigenvalue weighted by Gasteiger charge is -2.21. The standard InChI is InChI=1S/C15H21N3O5S/c1-24(21,22)18-9-2-3-13(18)14(19)17-12-6-4-11(5-7-12)8-10-23-15(16)20/h4-7,13H,2-3,8-10H2,1H3,(H2,16,20)(H,17,19)/t13-/m0/s1. The van der Waals surface area contributed by atoms with E-state index in [9.17, 15) is 18.0 Å². The minimum absolute atomic E-state index is 0.187. The van der Waals surface area contributed by atoms with E-state index < -0.39 is 22.2 Å². The van der Waals surface area contributed by atoms with Crippen molar-refractivity contribution >= 4 is 27.7 Å². The van der Waals surface area contributed by atoms with Crippen molar-refractivity contribution in [2.45, 2.75) is 25.3 Å². The largest absolute Gasteiger partial charge is 0.449 e. The summed E-state index contributed by atoms with van der Waals surface area (Å²) in [5.41, 5.74) is 6.39. The van der Waals surface area contributed by atoms with Crippen molar-refractivity contribution in [3.8, 4) is 0 Å². The van der Waals surface area contributed by atoms with Gasteiger partial charge in [0, 0.05) is 18.7 Å². The fraction of sp³-hybridized carbons (Fsp3) is 0.467. The van der Waals surface area contributed by atoms with Gasteiger partial charge < -0.3 is 15.8 Å². The minimum atomic E-state index is -3.39. The van der Waals surface area contributed by atoms with E-state index >= 15 is 0 Å². The number of ether oxygens (including phenoxy) is 1. The topological polar surface area (TPSA) is 119 Å². The first-order chi connectivity index (χ1) is 11.3. The smallest absolute Gasteiger partial charge is 0.404 e. The Bertz CT molecular complexity index is 702. The van der Waals surface area contributed by atoms with Crippen LogP contribution in [0.5, 0.6) is 0 Å². The lowest BCUT2D eigenvalue weighted by Crippen LogP contribution is -2.42. The molecule has 9 heteroatoms. The Kier molecular flexibility index (Phi) is 5.79. The van der Waals surface area contributed by atoms with Crippen LogP contribution in [-0.2, 0) is 26.0 Å². The van der Waals surface area contributed by atoms with Gasteiger partial charge in [-0.1, -0.05) is 12.1 Å². The van der Waals surface area contributed by atoms with Crippen LogP contribution < -0.4 is 11.1 Å². The number of rotatable bonds is 6. The van der Waals surface area contributed by atoms with E-state index in [1.807, 2.05) is 0 Å². The summed E-state index contributed by atoms with van der Waals surface area (Å²) in [5.74, 6) is -0.331. The van der Waals surface area contributed by atoms with E-state index in [1.54, 1.807) is 24.3 Å². The number of primary amides is 1. The number of nitrogens with two attached hydrogens (primary N) is 1. The van der Waals surface area contributed by atoms with Gasteiger partial charge in [0.2, 0.25) is 15.9 Å². The highest BCUT2D eigenvalue weighted by molar-refractivity contribution is 7.88. The predicted octanol–water partition coefficient (Wildman–Crippen LogP) is 0.687. The fourth-order valence-electron chi connectivity index (χ4n) is 2.65. The highest BCUT2D eigenvalue weighted by Crippen LogP contribution is 2.22. The molecule has 0 aromatic heterocycles. The van der Waals surface area contributed by atoms with Crippen LogP contribution in [0.15, 0.2) is 24.3 Å². The number of sulfonamides is 1. The summed E-state index contributed by atoms with van der Waals surface area (Å²) in [5, 5.41) is 2.74. The molecule has 2 rings (SSSR count). The molecule has 1 aromatic rings. The van der Waals surface area contributed by atoms with Crippen LogP contribution in [-0.4, -0.2) is 50.2 Å². The number of amides is 2. The van der Waals surface area contributed by atoms with E-state index in [4.69, 9.17) is 5.73 Å². The van der Waals surface area contributed by atoms with Gasteiger partial charge in [0.25, 0.3) is 0 Å². The van der Waals surface area contributed by atoms with E-state index in [-0.39, 0.29) is 12.5 Å². The molecule has 1 aliphatic rings. The third-order valence-corrected chi connectivity index (χ3v) is 5.08. The van der Waals surface area contributed by atoms with Crippen LogP contribution in [0.1, 0.15) is 18.4 Å². The van der Waals surface area contributed by atoms with Crippen molar-refractivity contribution in [2.24, 2.45) is 5.73 Å². The molecular weight excluding hydrogens is 334 g/mol. The molecule has 24 heavy (non-hydrogen) atoms. The van der Waals surface area contributed by atoms with E-state index in [0.29, 0.717) is 31.5 Å². The first-order valence-corrected chi connectivity index (χ1v) is 9.41. The summed E-state index contributed by atoms with van der Waals surface area (Å²) in [6.07, 6.45) is 2.00. The van der Waals surface area contributed by atoms with Crippen molar-refractivity contribution in [2.75, 3.05) is 24.7 Å². The quantitative estimate of drug-likeness (QED) is 0.778. The average molecular weight is 355 g/mol. The monoisotopic (exact) mass is 355 g/mol. The maximum Gasteiger partial charge on any atom is 0.404 e. The summed E-state index contributed by atoms with van der Waals surface area (Å²) < 4.78 is 29.3. The molecule has 0 unspecified atom stereocenters. The van der Waals surface area contributed by atoms with Gasteiger partial charge in [0.1, 0.15) is 6.04 Å². The van der Waals surface area contributed by atoms with Gasteiger partial charge in [-0.05, 0) is 30.5 Å². The second-order valence-corrected chi connectivity index (χ2v) is 7.57. The molecule has 0 bridgehead atoms. The van der Waals surface area contributed by atoms with Gasteiger partial charge in [-0.15, -0.1) is 0 Å². The Morgan fingerprint density at radius 2 is 2.00 bits per heavy atom. The van der Waals surface area contributed by atoms with Gasteiger partial charge in [0.05, 0.1) is 12.9 Å². The Morgan fingerprint density at radius 3 is 2.58 bits per heavy atom. The van der Waals surface area contributed by atoms with Crippen molar-refractivity contribution in [1.29, 1.82) is 0 Å². The number of carbonyl (C=O) groups excluding carboxylic acids is 2. The Morgan fingerprint density at radius 1 is 1.33 bits per heavy atom. The Balaban J connectivity index is 1.93. The molecule has 0 spiro atoms. The third kappa shape index (κ3) is 4.93. The molecule has 8 nitrogen and oxygen atoms in total. The maximum atomic E-state index is 12.3. The van der Waals surface area contributed by atoms with Crippen LogP contribution in [0.25, 0.3) is 0 Å². The molecule has 2 amide bonds. The molecule has 0 aliphatic carbocycles. The van der Waals surface area contributed by atoms with Crippen LogP contribution in [0.4, 0.5) is 10.5 Å². The molecule has 1 heterocycles. The van der Waals surface area contributed by atoms with E-state index in [1.165, 1.54) is 4.31 Å². The van der Waals surface area contributed by atoms with Gasteiger partial charge in [-0.25, -0.2) is 13.2 Å². The molecule has 1 atom stereocenters.